The quantitative estimate of drug-likeness (QED) is 0.320. The normalized spacial score (nSPS) is 17.7. The number of rotatable bonds is 5. The molecule has 0 radical (unpaired) electrons. The molecule has 0 saturated heterocycles. The molecule has 0 amide bonds. The number of phenolic OH excluding ortho intramolecular Hbond substituents is 1. The lowest BCUT2D eigenvalue weighted by Gasteiger charge is -2.03. The van der Waals surface area contributed by atoms with Gasteiger partial charge < -0.3 is 5.11 Å². The second kappa shape index (κ2) is 8.79. The van der Waals surface area contributed by atoms with Crippen LogP contribution in [0, 0.1) is 0 Å². The molecule has 7 nitrogen and oxygen atoms in total. The monoisotopic (exact) mass is 382 g/mol. The summed E-state index contributed by atoms with van der Waals surface area (Å²) in [7, 11) is 0. The Kier molecular flexibility index (Phi) is 5.57. The van der Waals surface area contributed by atoms with Gasteiger partial charge in [0.15, 0.2) is 5.84 Å². The molecule has 1 aliphatic rings. The summed E-state index contributed by atoms with van der Waals surface area (Å²) >= 11 is 0. The Morgan fingerprint density at radius 1 is 0.862 bits per heavy atom. The molecular formula is C22H18N6O. The van der Waals surface area contributed by atoms with E-state index in [1.54, 1.807) is 12.1 Å². The van der Waals surface area contributed by atoms with Crippen LogP contribution in [0.4, 0.5) is 11.4 Å². The van der Waals surface area contributed by atoms with Gasteiger partial charge in [-0.3, -0.25) is 0 Å². The first-order valence-corrected chi connectivity index (χ1v) is 9.13. The maximum Gasteiger partial charge on any atom is 0.175 e. The van der Waals surface area contributed by atoms with E-state index >= 15 is 0 Å². The molecule has 1 N–H and O–H groups in total. The first-order chi connectivity index (χ1) is 14.3. The van der Waals surface area contributed by atoms with Gasteiger partial charge in [-0.25, -0.2) is 0 Å². The molecule has 4 rings (SSSR count). The van der Waals surface area contributed by atoms with Gasteiger partial charge in [-0.05, 0) is 29.8 Å². The van der Waals surface area contributed by atoms with Crippen molar-refractivity contribution in [3.8, 4) is 5.75 Å². The summed E-state index contributed by atoms with van der Waals surface area (Å²) in [5.74, 6) is 0.608. The van der Waals surface area contributed by atoms with E-state index in [2.05, 4.69) is 30.7 Å². The highest BCUT2D eigenvalue weighted by atomic mass is 16.3. The summed E-state index contributed by atoms with van der Waals surface area (Å²) in [4.78, 5) is 0. The van der Waals surface area contributed by atoms with E-state index < -0.39 is 0 Å². The molecule has 3 aromatic rings. The van der Waals surface area contributed by atoms with E-state index in [1.165, 1.54) is 12.3 Å². The summed E-state index contributed by atoms with van der Waals surface area (Å²) in [5, 5.41) is 34.9. The van der Waals surface area contributed by atoms with Crippen molar-refractivity contribution >= 4 is 23.4 Å². The van der Waals surface area contributed by atoms with Crippen molar-refractivity contribution in [2.75, 3.05) is 0 Å². The number of amidine groups is 1. The molecule has 1 heterocycles. The van der Waals surface area contributed by atoms with Gasteiger partial charge in [0, 0.05) is 18.1 Å². The fourth-order valence-corrected chi connectivity index (χ4v) is 2.78. The minimum absolute atomic E-state index is 0.0205. The Bertz CT molecular complexity index is 1090. The first kappa shape index (κ1) is 18.4. The van der Waals surface area contributed by atoms with Gasteiger partial charge in [-0.2, -0.15) is 20.4 Å². The number of azo groups is 2. The third kappa shape index (κ3) is 4.84. The Hall–Kier alpha value is -4.00. The maximum absolute atomic E-state index is 10.2. The van der Waals surface area contributed by atoms with Gasteiger partial charge in [0.1, 0.15) is 11.8 Å². The van der Waals surface area contributed by atoms with Crippen molar-refractivity contribution in [2.24, 2.45) is 30.7 Å². The molecule has 3 aromatic carbocycles. The minimum Gasteiger partial charge on any atom is -0.507 e. The van der Waals surface area contributed by atoms with Gasteiger partial charge in [0.25, 0.3) is 0 Å². The fraction of sp³-hybridized carbons (Fsp3) is 0.0909. The zero-order chi connectivity index (χ0) is 19.9. The van der Waals surface area contributed by atoms with Crippen LogP contribution < -0.4 is 0 Å². The van der Waals surface area contributed by atoms with Crippen molar-refractivity contribution in [1.82, 2.24) is 0 Å². The van der Waals surface area contributed by atoms with Gasteiger partial charge in [0.2, 0.25) is 0 Å². The average molecular weight is 382 g/mol. The second-order valence-electron chi connectivity index (χ2n) is 6.39. The molecule has 0 saturated carbocycles. The zero-order valence-electron chi connectivity index (χ0n) is 15.5. The summed E-state index contributed by atoms with van der Waals surface area (Å²) in [6, 6.07) is 24.3. The lowest BCUT2D eigenvalue weighted by atomic mass is 10.1. The molecule has 0 spiro atoms. The molecular weight excluding hydrogens is 364 g/mol. The van der Waals surface area contributed by atoms with E-state index in [9.17, 15) is 5.11 Å². The van der Waals surface area contributed by atoms with Crippen LogP contribution in [-0.4, -0.2) is 17.2 Å². The van der Waals surface area contributed by atoms with Crippen LogP contribution in [0.3, 0.4) is 0 Å². The van der Waals surface area contributed by atoms with Crippen LogP contribution >= 0.6 is 0 Å². The molecule has 0 bridgehead atoms. The lowest BCUT2D eigenvalue weighted by molar-refractivity contribution is 0.474. The number of hydrogen-bond donors (Lipinski definition) is 1. The molecule has 0 aliphatic carbocycles. The number of aromatic hydroxyl groups is 1. The van der Waals surface area contributed by atoms with Crippen LogP contribution in [0.5, 0.6) is 5.75 Å². The standard InChI is InChI=1S/C22H18N6O/c29-21-13-19(25-24-18-9-5-2-6-10-18)12-11-17(21)15-23-27-22-14-20(26-28-22)16-7-3-1-4-8-16/h1-13,15,20,29H,14H2. The summed E-state index contributed by atoms with van der Waals surface area (Å²) in [6.45, 7) is 0. The molecule has 142 valence electrons. The largest absolute Gasteiger partial charge is 0.507 e. The van der Waals surface area contributed by atoms with Crippen LogP contribution in [0.15, 0.2) is 110 Å². The van der Waals surface area contributed by atoms with Crippen molar-refractivity contribution in [1.29, 1.82) is 0 Å². The highest BCUT2D eigenvalue weighted by Gasteiger charge is 2.19. The Balaban J connectivity index is 1.39. The number of benzene rings is 3. The minimum atomic E-state index is -0.0205. The highest BCUT2D eigenvalue weighted by molar-refractivity contribution is 5.87. The van der Waals surface area contributed by atoms with Crippen molar-refractivity contribution in [2.45, 2.75) is 12.5 Å². The first-order valence-electron chi connectivity index (χ1n) is 9.13. The number of hydrogen-bond acceptors (Lipinski definition) is 6. The third-order valence-electron chi connectivity index (χ3n) is 4.29. The van der Waals surface area contributed by atoms with Crippen molar-refractivity contribution in [3.63, 3.8) is 0 Å². The topological polar surface area (TPSA) is 94.4 Å². The van der Waals surface area contributed by atoms with Crippen molar-refractivity contribution in [3.05, 3.63) is 90.0 Å². The summed E-state index contributed by atoms with van der Waals surface area (Å²) < 4.78 is 0. The third-order valence-corrected chi connectivity index (χ3v) is 4.29. The van der Waals surface area contributed by atoms with E-state index in [0.29, 0.717) is 23.5 Å². The van der Waals surface area contributed by atoms with E-state index in [0.717, 1.165) is 11.3 Å². The molecule has 1 aliphatic heterocycles. The van der Waals surface area contributed by atoms with E-state index in [-0.39, 0.29) is 11.8 Å². The summed E-state index contributed by atoms with van der Waals surface area (Å²) in [5.41, 5.74) is 2.92. The van der Waals surface area contributed by atoms with Gasteiger partial charge in [-0.1, -0.05) is 48.5 Å². The molecule has 1 unspecified atom stereocenters. The maximum atomic E-state index is 10.2. The van der Waals surface area contributed by atoms with Gasteiger partial charge >= 0.3 is 0 Å². The predicted molar refractivity (Wildman–Crippen MR) is 112 cm³/mol. The molecule has 0 aromatic heterocycles. The van der Waals surface area contributed by atoms with Crippen LogP contribution in [0.1, 0.15) is 23.6 Å². The van der Waals surface area contributed by atoms with Crippen LogP contribution in [0.25, 0.3) is 0 Å². The molecule has 29 heavy (non-hydrogen) atoms. The Morgan fingerprint density at radius 2 is 1.59 bits per heavy atom. The zero-order valence-corrected chi connectivity index (χ0v) is 15.5. The van der Waals surface area contributed by atoms with Gasteiger partial charge in [0.05, 0.1) is 17.6 Å². The van der Waals surface area contributed by atoms with Crippen LogP contribution in [-0.2, 0) is 0 Å². The van der Waals surface area contributed by atoms with Crippen LogP contribution in [0.2, 0.25) is 0 Å². The fourth-order valence-electron chi connectivity index (χ4n) is 2.78. The Morgan fingerprint density at radius 3 is 2.34 bits per heavy atom. The number of phenols is 1. The van der Waals surface area contributed by atoms with Gasteiger partial charge in [-0.15, -0.1) is 10.2 Å². The molecule has 1 atom stereocenters. The van der Waals surface area contributed by atoms with Crippen molar-refractivity contribution < 1.29 is 5.11 Å². The smallest absolute Gasteiger partial charge is 0.175 e. The lowest BCUT2D eigenvalue weighted by Crippen LogP contribution is -1.95. The molecule has 7 heteroatoms. The second-order valence-corrected chi connectivity index (χ2v) is 6.39. The predicted octanol–water partition coefficient (Wildman–Crippen LogP) is 6.14. The SMILES string of the molecule is Oc1cc(N=Nc2ccccc2)ccc1C=NN=C1CC(c2ccccc2)N=N1. The average Bonchev–Trinajstić information content (AvgIpc) is 3.24. The summed E-state index contributed by atoms with van der Waals surface area (Å²) in [6.07, 6.45) is 2.08. The molecule has 0 fully saturated rings. The Labute approximate surface area is 167 Å². The van der Waals surface area contributed by atoms with E-state index in [4.69, 9.17) is 0 Å². The highest BCUT2D eigenvalue weighted by Crippen LogP contribution is 2.28. The van der Waals surface area contributed by atoms with E-state index in [1.807, 2.05) is 60.7 Å². The number of nitrogens with zero attached hydrogens (tertiary/aromatic N) is 6.